The molecule has 0 saturated heterocycles. The highest BCUT2D eigenvalue weighted by atomic mass is 19.1. The minimum absolute atomic E-state index is 0.198. The van der Waals surface area contributed by atoms with Crippen LogP contribution in [0.4, 0.5) is 10.1 Å². The monoisotopic (exact) mass is 373 g/mol. The maximum absolute atomic E-state index is 14.6. The Bertz CT molecular complexity index is 1100. The van der Waals surface area contributed by atoms with Gasteiger partial charge in [-0.1, -0.05) is 60.7 Å². The van der Waals surface area contributed by atoms with Crippen molar-refractivity contribution in [3.63, 3.8) is 0 Å². The quantitative estimate of drug-likeness (QED) is 0.332. The van der Waals surface area contributed by atoms with Gasteiger partial charge in [0, 0.05) is 16.7 Å². The van der Waals surface area contributed by atoms with Crippen molar-refractivity contribution >= 4 is 23.1 Å². The molecule has 1 unspecified atom stereocenters. The Morgan fingerprint density at radius 1 is 0.893 bits per heavy atom. The van der Waals surface area contributed by atoms with E-state index in [9.17, 15) is 14.0 Å². The number of nitrogens with zero attached hydrogens (tertiary/aromatic N) is 2. The lowest BCUT2D eigenvalue weighted by atomic mass is 9.99. The van der Waals surface area contributed by atoms with Gasteiger partial charge in [0.1, 0.15) is 5.82 Å². The van der Waals surface area contributed by atoms with Gasteiger partial charge in [-0.25, -0.2) is 15.2 Å². The molecule has 6 heteroatoms. The van der Waals surface area contributed by atoms with Crippen molar-refractivity contribution in [2.24, 2.45) is 10.8 Å². The molecule has 28 heavy (non-hydrogen) atoms. The molecule has 1 atom stereocenters. The first kappa shape index (κ1) is 17.8. The van der Waals surface area contributed by atoms with Crippen LogP contribution >= 0.6 is 0 Å². The summed E-state index contributed by atoms with van der Waals surface area (Å²) in [6.45, 7) is 0. The predicted molar refractivity (Wildman–Crippen MR) is 105 cm³/mol. The first-order chi connectivity index (χ1) is 13.6. The van der Waals surface area contributed by atoms with Crippen LogP contribution in [0.2, 0.25) is 0 Å². The summed E-state index contributed by atoms with van der Waals surface area (Å²) in [5.74, 6) is 4.37. The van der Waals surface area contributed by atoms with Crippen molar-refractivity contribution in [1.29, 1.82) is 0 Å². The summed E-state index contributed by atoms with van der Waals surface area (Å²) < 4.78 is 14.6. The number of hydrazine groups is 1. The molecule has 0 saturated carbocycles. The van der Waals surface area contributed by atoms with Gasteiger partial charge >= 0.3 is 0 Å². The Balaban J connectivity index is 1.94. The Kier molecular flexibility index (Phi) is 4.55. The molecule has 1 aliphatic rings. The van der Waals surface area contributed by atoms with Gasteiger partial charge in [-0.2, -0.15) is 0 Å². The molecule has 0 radical (unpaired) electrons. The van der Waals surface area contributed by atoms with Crippen LogP contribution < -0.4 is 10.9 Å². The lowest BCUT2D eigenvalue weighted by molar-refractivity contribution is -0.118. The second kappa shape index (κ2) is 7.17. The summed E-state index contributed by atoms with van der Waals surface area (Å²) >= 11 is 0. The van der Waals surface area contributed by atoms with Gasteiger partial charge in [0.15, 0.2) is 11.8 Å². The van der Waals surface area contributed by atoms with Crippen LogP contribution in [0.25, 0.3) is 0 Å². The highest BCUT2D eigenvalue weighted by Crippen LogP contribution is 2.28. The van der Waals surface area contributed by atoms with Crippen LogP contribution in [0, 0.1) is 5.82 Å². The highest BCUT2D eigenvalue weighted by Gasteiger charge is 2.36. The standard InChI is InChI=1S/C22H16FN3O2/c23-17-12-6-4-10-15(17)19-16-11-5-7-13-18(16)26(24)22(28)20(25-19)21(27)14-8-2-1-3-9-14/h1-13,20H,24H2. The van der Waals surface area contributed by atoms with E-state index >= 15 is 0 Å². The van der Waals surface area contributed by atoms with Gasteiger partial charge in [-0.3, -0.25) is 14.6 Å². The third-order valence-corrected chi connectivity index (χ3v) is 4.58. The number of Topliss-reactive ketones (excluding diaryl/α,β-unsaturated/α-hetero) is 1. The molecule has 4 rings (SSSR count). The van der Waals surface area contributed by atoms with Crippen LogP contribution in [0.1, 0.15) is 21.5 Å². The van der Waals surface area contributed by atoms with Crippen LogP contribution in [-0.4, -0.2) is 23.4 Å². The number of fused-ring (bicyclic) bond motifs is 1. The Labute approximate surface area is 160 Å². The van der Waals surface area contributed by atoms with Crippen LogP contribution in [0.3, 0.4) is 0 Å². The van der Waals surface area contributed by atoms with Gasteiger partial charge in [0.05, 0.1) is 11.4 Å². The van der Waals surface area contributed by atoms with Crippen molar-refractivity contribution in [3.8, 4) is 0 Å². The van der Waals surface area contributed by atoms with E-state index in [4.69, 9.17) is 5.84 Å². The molecule has 3 aromatic carbocycles. The highest BCUT2D eigenvalue weighted by molar-refractivity contribution is 6.25. The summed E-state index contributed by atoms with van der Waals surface area (Å²) in [5, 5.41) is 0.915. The van der Waals surface area contributed by atoms with E-state index in [1.165, 1.54) is 6.07 Å². The van der Waals surface area contributed by atoms with Crippen LogP contribution in [0.5, 0.6) is 0 Å². The van der Waals surface area contributed by atoms with E-state index in [1.54, 1.807) is 72.8 Å². The van der Waals surface area contributed by atoms with E-state index in [-0.39, 0.29) is 11.3 Å². The van der Waals surface area contributed by atoms with E-state index in [2.05, 4.69) is 4.99 Å². The zero-order valence-corrected chi connectivity index (χ0v) is 14.7. The van der Waals surface area contributed by atoms with Crippen molar-refractivity contribution in [3.05, 3.63) is 101 Å². The lowest BCUT2D eigenvalue weighted by Crippen LogP contribution is -2.46. The molecule has 1 aliphatic heterocycles. The number of benzodiazepines with no additional fused rings is 1. The zero-order chi connectivity index (χ0) is 19.7. The number of hydrogen-bond donors (Lipinski definition) is 1. The fourth-order valence-electron chi connectivity index (χ4n) is 3.19. The first-order valence-corrected chi connectivity index (χ1v) is 8.68. The topological polar surface area (TPSA) is 75.8 Å². The molecule has 0 aromatic heterocycles. The van der Waals surface area contributed by atoms with Crippen molar-refractivity contribution in [2.45, 2.75) is 6.04 Å². The fraction of sp³-hybridized carbons (Fsp3) is 0.0455. The number of ketones is 1. The number of benzene rings is 3. The van der Waals surface area contributed by atoms with Gasteiger partial charge < -0.3 is 0 Å². The normalized spacial score (nSPS) is 16.2. The van der Waals surface area contributed by atoms with Crippen molar-refractivity contribution in [1.82, 2.24) is 0 Å². The number of anilines is 1. The fourth-order valence-corrected chi connectivity index (χ4v) is 3.19. The molecule has 2 N–H and O–H groups in total. The largest absolute Gasteiger partial charge is 0.291 e. The summed E-state index contributed by atoms with van der Waals surface area (Å²) in [6, 6.07) is 19.9. The smallest absolute Gasteiger partial charge is 0.274 e. The second-order valence-electron chi connectivity index (χ2n) is 6.32. The molecule has 0 aliphatic carbocycles. The van der Waals surface area contributed by atoms with E-state index in [0.717, 1.165) is 5.01 Å². The van der Waals surface area contributed by atoms with E-state index in [1.807, 2.05) is 0 Å². The molecule has 0 spiro atoms. The summed E-state index contributed by atoms with van der Waals surface area (Å²) in [5.41, 5.74) is 1.58. The maximum atomic E-state index is 14.6. The number of carbonyl (C=O) groups is 2. The molecule has 138 valence electrons. The van der Waals surface area contributed by atoms with Crippen molar-refractivity contribution in [2.75, 3.05) is 5.01 Å². The summed E-state index contributed by atoms with van der Waals surface area (Å²) in [6.07, 6.45) is 0. The summed E-state index contributed by atoms with van der Waals surface area (Å²) in [4.78, 5) is 30.4. The Hall–Kier alpha value is -3.64. The number of amides is 1. The van der Waals surface area contributed by atoms with E-state index in [0.29, 0.717) is 16.8 Å². The van der Waals surface area contributed by atoms with Gasteiger partial charge in [0.2, 0.25) is 0 Å². The van der Waals surface area contributed by atoms with Gasteiger partial charge in [-0.15, -0.1) is 0 Å². The van der Waals surface area contributed by atoms with Crippen LogP contribution in [0.15, 0.2) is 83.9 Å². The number of nitrogens with two attached hydrogens (primary N) is 1. The molecule has 1 heterocycles. The third kappa shape index (κ3) is 3.00. The lowest BCUT2D eigenvalue weighted by Gasteiger charge is -2.19. The first-order valence-electron chi connectivity index (χ1n) is 8.68. The minimum atomic E-state index is -1.41. The van der Waals surface area contributed by atoms with Crippen LogP contribution in [-0.2, 0) is 4.79 Å². The SMILES string of the molecule is NN1C(=O)C(C(=O)c2ccccc2)N=C(c2ccccc2F)c2ccccc21. The molecule has 5 nitrogen and oxygen atoms in total. The maximum Gasteiger partial charge on any atom is 0.274 e. The Morgan fingerprint density at radius 2 is 1.50 bits per heavy atom. The zero-order valence-electron chi connectivity index (χ0n) is 14.7. The molecule has 0 fully saturated rings. The number of halogens is 1. The number of carbonyl (C=O) groups excluding carboxylic acids is 2. The Morgan fingerprint density at radius 3 is 2.21 bits per heavy atom. The average Bonchev–Trinajstić information content (AvgIpc) is 2.84. The summed E-state index contributed by atoms with van der Waals surface area (Å²) in [7, 11) is 0. The minimum Gasteiger partial charge on any atom is -0.291 e. The molecule has 3 aromatic rings. The van der Waals surface area contributed by atoms with Crippen molar-refractivity contribution < 1.29 is 14.0 Å². The average molecular weight is 373 g/mol. The predicted octanol–water partition coefficient (Wildman–Crippen LogP) is 3.13. The van der Waals surface area contributed by atoms with Gasteiger partial charge in [0.25, 0.3) is 5.91 Å². The van der Waals surface area contributed by atoms with E-state index < -0.39 is 23.5 Å². The molecular formula is C22H16FN3O2. The number of aliphatic imine (C=N–C) groups is 1. The molecular weight excluding hydrogens is 357 g/mol. The number of rotatable bonds is 3. The number of hydrogen-bond acceptors (Lipinski definition) is 4. The van der Waals surface area contributed by atoms with Gasteiger partial charge in [-0.05, 0) is 18.2 Å². The number of para-hydroxylation sites is 1. The third-order valence-electron chi connectivity index (χ3n) is 4.58. The molecule has 0 bridgehead atoms. The molecule has 1 amide bonds. The second-order valence-corrected chi connectivity index (χ2v) is 6.32.